The van der Waals surface area contributed by atoms with Crippen molar-refractivity contribution in [3.63, 3.8) is 0 Å². The number of hydrogen-bond donors (Lipinski definition) is 1. The zero-order chi connectivity index (χ0) is 16.6. The number of carbonyl (C=O) groups excluding carboxylic acids is 1. The lowest BCUT2D eigenvalue weighted by molar-refractivity contribution is -0.120. The molecule has 1 amide bonds. The minimum atomic E-state index is 0.0363. The molecule has 0 radical (unpaired) electrons. The van der Waals surface area contributed by atoms with Crippen molar-refractivity contribution < 1.29 is 9.53 Å². The summed E-state index contributed by atoms with van der Waals surface area (Å²) in [6.45, 7) is 5.01. The van der Waals surface area contributed by atoms with Gasteiger partial charge >= 0.3 is 0 Å². The molecule has 1 aliphatic heterocycles. The molecule has 0 aliphatic carbocycles. The van der Waals surface area contributed by atoms with Gasteiger partial charge in [0.05, 0.1) is 31.9 Å². The molecule has 3 rings (SSSR count). The predicted octanol–water partition coefficient (Wildman–Crippen LogP) is 1.88. The van der Waals surface area contributed by atoms with Gasteiger partial charge in [-0.05, 0) is 12.0 Å². The van der Waals surface area contributed by atoms with Gasteiger partial charge in [0.1, 0.15) is 5.01 Å². The number of amides is 1. The highest BCUT2D eigenvalue weighted by atomic mass is 32.1. The van der Waals surface area contributed by atoms with Gasteiger partial charge in [-0.2, -0.15) is 0 Å². The zero-order valence-corrected chi connectivity index (χ0v) is 14.6. The second-order valence-corrected chi connectivity index (χ2v) is 6.83. The molecule has 0 saturated carbocycles. The van der Waals surface area contributed by atoms with Crippen LogP contribution in [0.15, 0.2) is 35.7 Å². The van der Waals surface area contributed by atoms with E-state index in [9.17, 15) is 4.79 Å². The maximum Gasteiger partial charge on any atom is 0.226 e. The molecule has 1 aromatic carbocycles. The van der Waals surface area contributed by atoms with Gasteiger partial charge in [-0.3, -0.25) is 9.69 Å². The van der Waals surface area contributed by atoms with Crippen molar-refractivity contribution in [3.05, 3.63) is 52.0 Å². The maximum atomic E-state index is 12.0. The Morgan fingerprint density at radius 3 is 2.83 bits per heavy atom. The lowest BCUT2D eigenvalue weighted by atomic mass is 10.1. The van der Waals surface area contributed by atoms with Crippen molar-refractivity contribution in [2.24, 2.45) is 0 Å². The van der Waals surface area contributed by atoms with E-state index in [0.717, 1.165) is 50.0 Å². The Hall–Kier alpha value is -1.76. The Morgan fingerprint density at radius 1 is 1.25 bits per heavy atom. The molecule has 1 aromatic heterocycles. The van der Waals surface area contributed by atoms with Crippen LogP contribution < -0.4 is 5.32 Å². The molecule has 1 N–H and O–H groups in total. The minimum absolute atomic E-state index is 0.0363. The summed E-state index contributed by atoms with van der Waals surface area (Å²) in [6, 6.07) is 10.2. The largest absolute Gasteiger partial charge is 0.379 e. The highest BCUT2D eigenvalue weighted by Crippen LogP contribution is 2.13. The molecular formula is C18H23N3O2S. The van der Waals surface area contributed by atoms with Gasteiger partial charge in [0.25, 0.3) is 0 Å². The molecule has 1 fully saturated rings. The van der Waals surface area contributed by atoms with E-state index in [1.807, 2.05) is 23.6 Å². The summed E-state index contributed by atoms with van der Waals surface area (Å²) >= 11 is 1.63. The first kappa shape index (κ1) is 17.1. The predicted molar refractivity (Wildman–Crippen MR) is 95.1 cm³/mol. The summed E-state index contributed by atoms with van der Waals surface area (Å²) in [4.78, 5) is 19.0. The van der Waals surface area contributed by atoms with Crippen LogP contribution in [0.4, 0.5) is 0 Å². The minimum Gasteiger partial charge on any atom is -0.379 e. The first-order valence-corrected chi connectivity index (χ1v) is 9.21. The van der Waals surface area contributed by atoms with Gasteiger partial charge in [-0.1, -0.05) is 30.3 Å². The number of morpholine rings is 1. The number of hydrogen-bond acceptors (Lipinski definition) is 5. The van der Waals surface area contributed by atoms with Crippen LogP contribution in [0.1, 0.15) is 16.3 Å². The summed E-state index contributed by atoms with van der Waals surface area (Å²) in [5.74, 6) is 0.0363. The highest BCUT2D eigenvalue weighted by Gasteiger charge is 2.13. The Labute approximate surface area is 146 Å². The average molecular weight is 345 g/mol. The topological polar surface area (TPSA) is 54.5 Å². The van der Waals surface area contributed by atoms with Crippen LogP contribution in [0.2, 0.25) is 0 Å². The molecule has 1 saturated heterocycles. The van der Waals surface area contributed by atoms with Crippen LogP contribution in [0.5, 0.6) is 0 Å². The van der Waals surface area contributed by atoms with Crippen LogP contribution in [0.3, 0.4) is 0 Å². The quantitative estimate of drug-likeness (QED) is 0.832. The molecule has 2 aromatic rings. The van der Waals surface area contributed by atoms with E-state index in [0.29, 0.717) is 13.0 Å². The number of ether oxygens (including phenoxy) is 1. The summed E-state index contributed by atoms with van der Waals surface area (Å²) in [5, 5.41) is 6.03. The van der Waals surface area contributed by atoms with E-state index in [2.05, 4.69) is 27.3 Å². The van der Waals surface area contributed by atoms with Crippen molar-refractivity contribution in [3.8, 4) is 0 Å². The third-order valence-electron chi connectivity index (χ3n) is 3.98. The maximum absolute atomic E-state index is 12.0. The number of nitrogens with one attached hydrogen (secondary N) is 1. The van der Waals surface area contributed by atoms with Crippen LogP contribution in [0.25, 0.3) is 0 Å². The van der Waals surface area contributed by atoms with Gasteiger partial charge in [0.15, 0.2) is 0 Å². The standard InChI is InChI=1S/C18H23N3O2S/c22-17(19-7-6-15-4-2-1-3-5-15)12-16-14-24-18(20-16)13-21-8-10-23-11-9-21/h1-5,14H,6-13H2,(H,19,22). The van der Waals surface area contributed by atoms with Gasteiger partial charge in [0.2, 0.25) is 5.91 Å². The highest BCUT2D eigenvalue weighted by molar-refractivity contribution is 7.09. The normalized spacial score (nSPS) is 15.3. The van der Waals surface area contributed by atoms with E-state index in [4.69, 9.17) is 4.74 Å². The fourth-order valence-corrected chi connectivity index (χ4v) is 3.51. The van der Waals surface area contributed by atoms with Gasteiger partial charge < -0.3 is 10.1 Å². The molecule has 0 unspecified atom stereocenters. The SMILES string of the molecule is O=C(Cc1csc(CN2CCOCC2)n1)NCCc1ccccc1. The van der Waals surface area contributed by atoms with E-state index in [1.54, 1.807) is 11.3 Å². The summed E-state index contributed by atoms with van der Waals surface area (Å²) < 4.78 is 5.35. The Balaban J connectivity index is 1.40. The molecular weight excluding hydrogens is 322 g/mol. The van der Waals surface area contributed by atoms with Gasteiger partial charge in [-0.25, -0.2) is 4.98 Å². The van der Waals surface area contributed by atoms with Crippen LogP contribution in [0, 0.1) is 0 Å². The van der Waals surface area contributed by atoms with Crippen LogP contribution in [-0.4, -0.2) is 48.6 Å². The monoisotopic (exact) mass is 345 g/mol. The molecule has 0 bridgehead atoms. The molecule has 0 atom stereocenters. The number of aromatic nitrogens is 1. The fourth-order valence-electron chi connectivity index (χ4n) is 2.67. The van der Waals surface area contributed by atoms with Crippen molar-refractivity contribution in [2.45, 2.75) is 19.4 Å². The summed E-state index contributed by atoms with van der Waals surface area (Å²) in [5.41, 5.74) is 2.10. The van der Waals surface area contributed by atoms with Crippen molar-refractivity contribution >= 4 is 17.2 Å². The van der Waals surface area contributed by atoms with Crippen molar-refractivity contribution in [2.75, 3.05) is 32.8 Å². The molecule has 5 nitrogen and oxygen atoms in total. The van der Waals surface area contributed by atoms with E-state index < -0.39 is 0 Å². The summed E-state index contributed by atoms with van der Waals surface area (Å²) in [7, 11) is 0. The zero-order valence-electron chi connectivity index (χ0n) is 13.7. The number of nitrogens with zero attached hydrogens (tertiary/aromatic N) is 2. The lowest BCUT2D eigenvalue weighted by Crippen LogP contribution is -2.35. The first-order chi connectivity index (χ1) is 11.8. The molecule has 6 heteroatoms. The van der Waals surface area contributed by atoms with Crippen molar-refractivity contribution in [1.82, 2.24) is 15.2 Å². The van der Waals surface area contributed by atoms with Gasteiger partial charge in [0, 0.05) is 25.0 Å². The van der Waals surface area contributed by atoms with Crippen LogP contribution in [-0.2, 0) is 28.9 Å². The van der Waals surface area contributed by atoms with E-state index in [1.165, 1.54) is 5.56 Å². The smallest absolute Gasteiger partial charge is 0.226 e. The van der Waals surface area contributed by atoms with E-state index >= 15 is 0 Å². The molecule has 128 valence electrons. The van der Waals surface area contributed by atoms with E-state index in [-0.39, 0.29) is 5.91 Å². The number of carbonyl (C=O) groups is 1. The number of rotatable bonds is 7. The molecule has 2 heterocycles. The Morgan fingerprint density at radius 2 is 2.04 bits per heavy atom. The summed E-state index contributed by atoms with van der Waals surface area (Å²) in [6.07, 6.45) is 1.21. The Bertz CT molecular complexity index is 639. The third-order valence-corrected chi connectivity index (χ3v) is 4.86. The lowest BCUT2D eigenvalue weighted by Gasteiger charge is -2.25. The fraction of sp³-hybridized carbons (Fsp3) is 0.444. The second-order valence-electron chi connectivity index (χ2n) is 5.88. The average Bonchev–Trinajstić information content (AvgIpc) is 3.03. The molecule has 24 heavy (non-hydrogen) atoms. The van der Waals surface area contributed by atoms with Crippen molar-refractivity contribution in [1.29, 1.82) is 0 Å². The third kappa shape index (κ3) is 5.40. The molecule has 1 aliphatic rings. The Kier molecular flexibility index (Phi) is 6.34. The van der Waals surface area contributed by atoms with Gasteiger partial charge in [-0.15, -0.1) is 11.3 Å². The van der Waals surface area contributed by atoms with Crippen LogP contribution >= 0.6 is 11.3 Å². The molecule has 0 spiro atoms. The first-order valence-electron chi connectivity index (χ1n) is 8.33. The second kappa shape index (κ2) is 8.92. The number of thiazole rings is 1. The number of benzene rings is 1.